The molecule has 0 bridgehead atoms. The maximum Gasteiger partial charge on any atom is 0.250 e. The second kappa shape index (κ2) is 9.79. The molecule has 2 aromatic carbocycles. The Morgan fingerprint density at radius 2 is 1.83 bits per heavy atom. The quantitative estimate of drug-likeness (QED) is 0.617. The number of fused-ring (bicyclic) bond motifs is 1. The Morgan fingerprint density at radius 3 is 2.52 bits per heavy atom. The lowest BCUT2D eigenvalue weighted by Crippen LogP contribution is -2.34. The van der Waals surface area contributed by atoms with E-state index in [-0.39, 0.29) is 5.91 Å². The maximum absolute atomic E-state index is 13.1. The van der Waals surface area contributed by atoms with Gasteiger partial charge in [-0.2, -0.15) is 0 Å². The zero-order valence-electron chi connectivity index (χ0n) is 17.4. The van der Waals surface area contributed by atoms with E-state index in [9.17, 15) is 4.79 Å². The number of nitrogens with zero attached hydrogens (tertiary/aromatic N) is 2. The summed E-state index contributed by atoms with van der Waals surface area (Å²) >= 11 is 1.72. The van der Waals surface area contributed by atoms with Gasteiger partial charge >= 0.3 is 0 Å². The number of amides is 1. The summed E-state index contributed by atoms with van der Waals surface area (Å²) in [5, 5.41) is 0. The predicted molar refractivity (Wildman–Crippen MR) is 125 cm³/mol. The molecule has 152 valence electrons. The zero-order valence-corrected chi connectivity index (χ0v) is 18.3. The molecule has 3 rings (SSSR count). The minimum atomic E-state index is 0.0662. The lowest BCUT2D eigenvalue weighted by atomic mass is 10.0. The van der Waals surface area contributed by atoms with E-state index in [1.807, 2.05) is 17.0 Å². The molecule has 1 aliphatic rings. The van der Waals surface area contributed by atoms with Crippen LogP contribution in [0.5, 0.6) is 0 Å². The van der Waals surface area contributed by atoms with Crippen LogP contribution in [0.3, 0.4) is 0 Å². The summed E-state index contributed by atoms with van der Waals surface area (Å²) in [5.74, 6) is 0.544. The van der Waals surface area contributed by atoms with Gasteiger partial charge < -0.3 is 10.6 Å². The van der Waals surface area contributed by atoms with E-state index in [0.717, 1.165) is 48.3 Å². The molecule has 0 atom stereocenters. The van der Waals surface area contributed by atoms with E-state index >= 15 is 0 Å². The van der Waals surface area contributed by atoms with Gasteiger partial charge in [0, 0.05) is 35.5 Å². The second-order valence-corrected chi connectivity index (χ2v) is 8.13. The maximum atomic E-state index is 13.1. The van der Waals surface area contributed by atoms with Crippen LogP contribution in [-0.4, -0.2) is 36.0 Å². The van der Waals surface area contributed by atoms with Gasteiger partial charge in [0.05, 0.1) is 5.69 Å². The molecule has 0 aromatic heterocycles. The van der Waals surface area contributed by atoms with Crippen molar-refractivity contribution in [1.82, 2.24) is 4.90 Å². The van der Waals surface area contributed by atoms with Gasteiger partial charge in [0.2, 0.25) is 5.91 Å². The summed E-state index contributed by atoms with van der Waals surface area (Å²) in [6, 6.07) is 14.6. The number of rotatable bonds is 7. The molecule has 5 heteroatoms. The Balaban J connectivity index is 1.97. The molecule has 2 N–H and O–H groups in total. The van der Waals surface area contributed by atoms with E-state index in [1.54, 1.807) is 11.8 Å². The first-order valence-electron chi connectivity index (χ1n) is 10.2. The second-order valence-electron chi connectivity index (χ2n) is 7.25. The lowest BCUT2D eigenvalue weighted by molar-refractivity contribution is -0.127. The lowest BCUT2D eigenvalue weighted by Gasteiger charge is -2.22. The van der Waals surface area contributed by atoms with Gasteiger partial charge in [-0.25, -0.2) is 4.99 Å². The third kappa shape index (κ3) is 5.10. The van der Waals surface area contributed by atoms with Crippen LogP contribution in [0.4, 0.5) is 5.69 Å². The highest BCUT2D eigenvalue weighted by atomic mass is 32.2. The van der Waals surface area contributed by atoms with E-state index in [2.05, 4.69) is 61.5 Å². The van der Waals surface area contributed by atoms with Crippen LogP contribution in [0, 0.1) is 0 Å². The summed E-state index contributed by atoms with van der Waals surface area (Å²) in [5.41, 5.74) is 10.9. The summed E-state index contributed by atoms with van der Waals surface area (Å²) in [6.07, 6.45) is 6.30. The molecule has 4 nitrogen and oxygen atoms in total. The van der Waals surface area contributed by atoms with Crippen LogP contribution < -0.4 is 5.73 Å². The normalized spacial score (nSPS) is 13.2. The fourth-order valence-electron chi connectivity index (χ4n) is 3.57. The van der Waals surface area contributed by atoms with Crippen molar-refractivity contribution in [2.75, 3.05) is 19.3 Å². The first-order valence-corrected chi connectivity index (χ1v) is 11.4. The van der Waals surface area contributed by atoms with Gasteiger partial charge in [-0.1, -0.05) is 38.1 Å². The number of carbonyl (C=O) groups excluding carboxylic acids is 1. The first kappa shape index (κ1) is 21.2. The summed E-state index contributed by atoms with van der Waals surface area (Å²) in [4.78, 5) is 20.9. The molecule has 1 amide bonds. The Bertz CT molecular complexity index is 943. The first-order chi connectivity index (χ1) is 14.0. The number of benzene rings is 2. The summed E-state index contributed by atoms with van der Waals surface area (Å²) in [7, 11) is 0. The average molecular weight is 408 g/mol. The van der Waals surface area contributed by atoms with Crippen molar-refractivity contribution in [3.8, 4) is 11.1 Å². The zero-order chi connectivity index (χ0) is 20.8. The van der Waals surface area contributed by atoms with Crippen LogP contribution >= 0.6 is 11.8 Å². The number of thioether (sulfide) groups is 1. The van der Waals surface area contributed by atoms with Gasteiger partial charge in [-0.15, -0.1) is 11.8 Å². The largest absolute Gasteiger partial charge is 0.387 e. The van der Waals surface area contributed by atoms with Crippen LogP contribution in [0.15, 0.2) is 57.9 Å². The van der Waals surface area contributed by atoms with Crippen LogP contribution in [-0.2, 0) is 4.79 Å². The van der Waals surface area contributed by atoms with Crippen molar-refractivity contribution in [2.45, 2.75) is 38.0 Å². The molecule has 0 spiro atoms. The number of hydrogen-bond acceptors (Lipinski definition) is 4. The summed E-state index contributed by atoms with van der Waals surface area (Å²) in [6.45, 7) is 5.71. The van der Waals surface area contributed by atoms with Crippen LogP contribution in [0.2, 0.25) is 0 Å². The van der Waals surface area contributed by atoms with Gasteiger partial charge in [0.25, 0.3) is 0 Å². The highest BCUT2D eigenvalue weighted by Crippen LogP contribution is 2.33. The predicted octanol–water partition coefficient (Wildman–Crippen LogP) is 5.50. The number of carbonyl (C=O) groups is 1. The van der Waals surface area contributed by atoms with Crippen molar-refractivity contribution in [3.63, 3.8) is 0 Å². The third-order valence-electron chi connectivity index (χ3n) is 4.95. The van der Waals surface area contributed by atoms with Crippen molar-refractivity contribution in [1.29, 1.82) is 0 Å². The molecule has 29 heavy (non-hydrogen) atoms. The van der Waals surface area contributed by atoms with Crippen LogP contribution in [0.25, 0.3) is 17.2 Å². The topological polar surface area (TPSA) is 58.7 Å². The molecule has 2 aromatic rings. The monoisotopic (exact) mass is 407 g/mol. The highest BCUT2D eigenvalue weighted by Gasteiger charge is 2.21. The summed E-state index contributed by atoms with van der Waals surface area (Å²) < 4.78 is 0. The minimum absolute atomic E-state index is 0.0662. The van der Waals surface area contributed by atoms with Crippen LogP contribution in [0.1, 0.15) is 38.7 Å². The molecule has 0 radical (unpaired) electrons. The molecule has 0 unspecified atom stereocenters. The molecule has 1 aliphatic heterocycles. The number of hydrogen-bond donors (Lipinski definition) is 1. The molecule has 0 aliphatic carbocycles. The standard InChI is InChI=1S/C24H29N3OS/c1-4-11-27(12-5-2)24(28)20-13-19-10-9-18(15-22(19)26-23(25)16-20)17-7-6-8-21(14-17)29-3/h6-10,13-15H,4-5,11-12,16H2,1-3H3,(H2,25,26). The number of amidine groups is 1. The van der Waals surface area contributed by atoms with E-state index < -0.39 is 0 Å². The smallest absolute Gasteiger partial charge is 0.250 e. The van der Waals surface area contributed by atoms with Gasteiger partial charge in [-0.05, 0) is 54.5 Å². The minimum Gasteiger partial charge on any atom is -0.387 e. The SMILES string of the molecule is CCCN(CCC)C(=O)C1=Cc2ccc(-c3cccc(SC)c3)cc2N=C(N)C1. The Labute approximate surface area is 177 Å². The highest BCUT2D eigenvalue weighted by molar-refractivity contribution is 7.98. The molecular weight excluding hydrogens is 378 g/mol. The van der Waals surface area contributed by atoms with Gasteiger partial charge in [-0.3, -0.25) is 4.79 Å². The van der Waals surface area contributed by atoms with Crippen molar-refractivity contribution >= 4 is 35.3 Å². The molecule has 0 fully saturated rings. The van der Waals surface area contributed by atoms with Crippen molar-refractivity contribution in [2.24, 2.45) is 10.7 Å². The van der Waals surface area contributed by atoms with E-state index in [1.165, 1.54) is 4.90 Å². The molecular formula is C24H29N3OS. The number of aliphatic imine (C=N–C) groups is 1. The fourth-order valence-corrected chi connectivity index (χ4v) is 4.03. The molecule has 1 heterocycles. The fraction of sp³-hybridized carbons (Fsp3) is 0.333. The Kier molecular flexibility index (Phi) is 7.15. The van der Waals surface area contributed by atoms with Gasteiger partial charge in [0.1, 0.15) is 5.84 Å². The average Bonchev–Trinajstić information content (AvgIpc) is 2.90. The van der Waals surface area contributed by atoms with Crippen molar-refractivity contribution < 1.29 is 4.79 Å². The van der Waals surface area contributed by atoms with E-state index in [4.69, 9.17) is 5.73 Å². The van der Waals surface area contributed by atoms with E-state index in [0.29, 0.717) is 17.8 Å². The number of nitrogens with two attached hydrogens (primary N) is 1. The Hall–Kier alpha value is -2.53. The molecule has 0 saturated heterocycles. The van der Waals surface area contributed by atoms with Gasteiger partial charge in [0.15, 0.2) is 0 Å². The van der Waals surface area contributed by atoms with Crippen molar-refractivity contribution in [3.05, 3.63) is 53.6 Å². The third-order valence-corrected chi connectivity index (χ3v) is 5.67. The molecule has 0 saturated carbocycles. The Morgan fingerprint density at radius 1 is 1.10 bits per heavy atom.